The Morgan fingerprint density at radius 1 is 1.24 bits per heavy atom. The van der Waals surface area contributed by atoms with Gasteiger partial charge in [-0.3, -0.25) is 14.6 Å². The Kier molecular flexibility index (Phi) is 7.13. The summed E-state index contributed by atoms with van der Waals surface area (Å²) in [6, 6.07) is 4.79. The van der Waals surface area contributed by atoms with Crippen LogP contribution in [0.2, 0.25) is 0 Å². The van der Waals surface area contributed by atoms with Gasteiger partial charge in [0.15, 0.2) is 15.7 Å². The number of carbonyl (C=O) groups is 1. The van der Waals surface area contributed by atoms with Crippen molar-refractivity contribution in [2.75, 3.05) is 17.2 Å². The SMILES string of the molecule is Cc1ccc(S(=O)(=O)C(C)C)c(Nc2nc(NCC3(N)CCCCC3)[nH]c(=O)c2C(N)=O)c1. The highest BCUT2D eigenvalue weighted by molar-refractivity contribution is 7.92. The molecule has 1 amide bonds. The Morgan fingerprint density at radius 3 is 2.52 bits per heavy atom. The molecule has 1 aromatic heterocycles. The first kappa shape index (κ1) is 24.7. The number of sulfone groups is 1. The Hall–Kier alpha value is -2.92. The van der Waals surface area contributed by atoms with Gasteiger partial charge < -0.3 is 22.1 Å². The summed E-state index contributed by atoms with van der Waals surface area (Å²) in [5, 5.41) is 5.26. The van der Waals surface area contributed by atoms with Gasteiger partial charge in [0.25, 0.3) is 11.5 Å². The van der Waals surface area contributed by atoms with Gasteiger partial charge in [0.1, 0.15) is 5.56 Å². The van der Waals surface area contributed by atoms with E-state index < -0.39 is 37.7 Å². The number of aromatic nitrogens is 2. The third kappa shape index (κ3) is 5.53. The minimum atomic E-state index is -3.66. The lowest BCUT2D eigenvalue weighted by Crippen LogP contribution is -2.48. The zero-order chi connectivity index (χ0) is 24.4. The van der Waals surface area contributed by atoms with Gasteiger partial charge in [0.05, 0.1) is 15.8 Å². The van der Waals surface area contributed by atoms with Gasteiger partial charge in [-0.25, -0.2) is 8.42 Å². The molecule has 1 fully saturated rings. The van der Waals surface area contributed by atoms with E-state index in [1.165, 1.54) is 6.07 Å². The third-order valence-corrected chi connectivity index (χ3v) is 8.15. The number of nitrogens with one attached hydrogen (secondary N) is 3. The molecule has 0 bridgehead atoms. The monoisotopic (exact) mass is 476 g/mol. The van der Waals surface area contributed by atoms with Crippen LogP contribution in [0.3, 0.4) is 0 Å². The maximum absolute atomic E-state index is 12.9. The molecule has 1 aliphatic carbocycles. The van der Waals surface area contributed by atoms with Gasteiger partial charge in [-0.2, -0.15) is 4.98 Å². The van der Waals surface area contributed by atoms with Crippen molar-refractivity contribution >= 4 is 33.2 Å². The van der Waals surface area contributed by atoms with Gasteiger partial charge in [0.2, 0.25) is 5.95 Å². The molecule has 10 nitrogen and oxygen atoms in total. The summed E-state index contributed by atoms with van der Waals surface area (Å²) in [5.74, 6) is -1.00. The van der Waals surface area contributed by atoms with Crippen molar-refractivity contribution in [1.82, 2.24) is 9.97 Å². The first-order chi connectivity index (χ1) is 15.4. The van der Waals surface area contributed by atoms with Crippen molar-refractivity contribution in [3.05, 3.63) is 39.7 Å². The number of primary amides is 1. The van der Waals surface area contributed by atoms with Gasteiger partial charge in [-0.05, 0) is 51.3 Å². The maximum Gasteiger partial charge on any atom is 0.267 e. The molecular formula is C22H32N6O4S. The fourth-order valence-corrected chi connectivity index (χ4v) is 5.12. The number of carbonyl (C=O) groups excluding carboxylic acids is 1. The molecular weight excluding hydrogens is 444 g/mol. The van der Waals surface area contributed by atoms with Gasteiger partial charge in [-0.1, -0.05) is 25.3 Å². The molecule has 1 aromatic carbocycles. The molecule has 11 heteroatoms. The number of H-pyrrole nitrogens is 1. The zero-order valence-corrected chi connectivity index (χ0v) is 20.0. The maximum atomic E-state index is 12.9. The number of nitrogens with two attached hydrogens (primary N) is 2. The predicted molar refractivity (Wildman–Crippen MR) is 129 cm³/mol. The van der Waals surface area contributed by atoms with E-state index in [0.29, 0.717) is 6.54 Å². The summed E-state index contributed by atoms with van der Waals surface area (Å²) in [4.78, 5) is 31.6. The van der Waals surface area contributed by atoms with Crippen LogP contribution in [0.25, 0.3) is 0 Å². The lowest BCUT2D eigenvalue weighted by atomic mass is 9.82. The number of hydrogen-bond acceptors (Lipinski definition) is 8. The van der Waals surface area contributed by atoms with Crippen LogP contribution in [0.5, 0.6) is 0 Å². The van der Waals surface area contributed by atoms with Crippen LogP contribution < -0.4 is 27.7 Å². The molecule has 3 rings (SSSR count). The molecule has 1 heterocycles. The number of aryl methyl sites for hydroxylation is 1. The molecule has 180 valence electrons. The van der Waals surface area contributed by atoms with Crippen LogP contribution in [0.4, 0.5) is 17.5 Å². The first-order valence-electron chi connectivity index (χ1n) is 11.0. The standard InChI is InChI=1S/C22H32N6O4S/c1-13(2)33(31,32)16-8-7-14(3)11-15(16)26-19-17(18(23)29)20(30)28-21(27-19)25-12-22(24)9-5-4-6-10-22/h7-8,11,13H,4-6,9-10,12,24H2,1-3H3,(H2,23,29)(H3,25,26,27,28,30). The van der Waals surface area contributed by atoms with Crippen LogP contribution in [0, 0.1) is 6.92 Å². The van der Waals surface area contributed by atoms with Crippen LogP contribution in [-0.2, 0) is 9.84 Å². The summed E-state index contributed by atoms with van der Waals surface area (Å²) >= 11 is 0. The number of rotatable bonds is 8. The number of benzene rings is 1. The fraction of sp³-hybridized carbons (Fsp3) is 0.500. The molecule has 0 spiro atoms. The number of hydrogen-bond donors (Lipinski definition) is 5. The van der Waals surface area contributed by atoms with Crippen LogP contribution >= 0.6 is 0 Å². The van der Waals surface area contributed by atoms with Gasteiger partial charge in [-0.15, -0.1) is 0 Å². The summed E-state index contributed by atoms with van der Waals surface area (Å²) in [5.41, 5.74) is 11.3. The molecule has 0 saturated heterocycles. The van der Waals surface area contributed by atoms with Crippen LogP contribution in [0.15, 0.2) is 27.9 Å². The first-order valence-corrected chi connectivity index (χ1v) is 12.6. The summed E-state index contributed by atoms with van der Waals surface area (Å²) < 4.78 is 25.7. The molecule has 0 unspecified atom stereocenters. The van der Waals surface area contributed by atoms with E-state index in [4.69, 9.17) is 11.5 Å². The van der Waals surface area contributed by atoms with E-state index in [0.717, 1.165) is 37.7 Å². The second kappa shape index (κ2) is 9.52. The molecule has 0 aliphatic heterocycles. The average Bonchev–Trinajstić information content (AvgIpc) is 2.72. The highest BCUT2D eigenvalue weighted by Gasteiger charge is 2.28. The van der Waals surface area contributed by atoms with Crippen LogP contribution in [-0.4, -0.2) is 41.6 Å². The van der Waals surface area contributed by atoms with Crippen LogP contribution in [0.1, 0.15) is 61.9 Å². The quantitative estimate of drug-likeness (QED) is 0.385. The fourth-order valence-electron chi connectivity index (χ4n) is 3.94. The lowest BCUT2D eigenvalue weighted by Gasteiger charge is -2.33. The molecule has 0 atom stereocenters. The average molecular weight is 477 g/mol. The van der Waals surface area contributed by atoms with Crippen molar-refractivity contribution < 1.29 is 13.2 Å². The summed E-state index contributed by atoms with van der Waals surface area (Å²) in [6.07, 6.45) is 4.93. The van der Waals surface area contributed by atoms with Crippen molar-refractivity contribution in [1.29, 1.82) is 0 Å². The molecule has 1 saturated carbocycles. The molecule has 2 aromatic rings. The highest BCUT2D eigenvalue weighted by atomic mass is 32.2. The highest BCUT2D eigenvalue weighted by Crippen LogP contribution is 2.30. The third-order valence-electron chi connectivity index (χ3n) is 5.94. The number of nitrogens with zero attached hydrogens (tertiary/aromatic N) is 1. The van der Waals surface area contributed by atoms with E-state index in [9.17, 15) is 18.0 Å². The molecule has 33 heavy (non-hydrogen) atoms. The van der Waals surface area contributed by atoms with E-state index >= 15 is 0 Å². The summed E-state index contributed by atoms with van der Waals surface area (Å²) in [6.45, 7) is 5.35. The number of aromatic amines is 1. The van der Waals surface area contributed by atoms with Crippen molar-refractivity contribution in [2.45, 2.75) is 68.6 Å². The zero-order valence-electron chi connectivity index (χ0n) is 19.2. The Labute approximate surface area is 193 Å². The predicted octanol–water partition coefficient (Wildman–Crippen LogP) is 2.18. The largest absolute Gasteiger partial charge is 0.365 e. The van der Waals surface area contributed by atoms with Crippen molar-refractivity contribution in [3.8, 4) is 0 Å². The van der Waals surface area contributed by atoms with Gasteiger partial charge in [0, 0.05) is 12.1 Å². The molecule has 1 aliphatic rings. The normalized spacial score (nSPS) is 15.9. The Bertz CT molecular complexity index is 1200. The smallest absolute Gasteiger partial charge is 0.267 e. The van der Waals surface area contributed by atoms with Crippen molar-refractivity contribution in [2.24, 2.45) is 11.5 Å². The minimum Gasteiger partial charge on any atom is -0.365 e. The topological polar surface area (TPSA) is 173 Å². The molecule has 0 radical (unpaired) electrons. The van der Waals surface area contributed by atoms with E-state index in [1.54, 1.807) is 32.9 Å². The van der Waals surface area contributed by atoms with Crippen molar-refractivity contribution in [3.63, 3.8) is 0 Å². The second-order valence-corrected chi connectivity index (χ2v) is 11.5. The van der Waals surface area contributed by atoms with Gasteiger partial charge >= 0.3 is 0 Å². The van der Waals surface area contributed by atoms with E-state index in [2.05, 4.69) is 20.6 Å². The lowest BCUT2D eigenvalue weighted by molar-refractivity contribution is 0.0999. The number of amides is 1. The number of anilines is 3. The molecule has 7 N–H and O–H groups in total. The second-order valence-electron chi connectivity index (χ2n) is 9.00. The van der Waals surface area contributed by atoms with E-state index in [1.807, 2.05) is 0 Å². The minimum absolute atomic E-state index is 0.0400. The van der Waals surface area contributed by atoms with E-state index in [-0.39, 0.29) is 22.3 Å². The Balaban J connectivity index is 2.01. The summed E-state index contributed by atoms with van der Waals surface area (Å²) in [7, 11) is -3.66. The Morgan fingerprint density at radius 2 is 1.91 bits per heavy atom.